The average Bonchev–Trinajstić information content (AvgIpc) is 2.53. The van der Waals surface area contributed by atoms with E-state index in [1.807, 2.05) is 12.1 Å². The molecule has 1 heterocycles. The number of anilines is 1. The topological polar surface area (TPSA) is 23.6 Å². The Morgan fingerprint density at radius 3 is 2.67 bits per heavy atom. The molecule has 0 unspecified atom stereocenters. The van der Waals surface area contributed by atoms with Crippen molar-refractivity contribution >= 4 is 39.2 Å². The fourth-order valence-electron chi connectivity index (χ4n) is 1.54. The molecular weight excluding hydrogens is 279 g/mol. The van der Waals surface area contributed by atoms with Gasteiger partial charge in [-0.1, -0.05) is 11.6 Å². The minimum Gasteiger partial charge on any atom is -0.326 e. The first-order chi connectivity index (χ1) is 7.09. The lowest BCUT2D eigenvalue weighted by molar-refractivity contribution is 0.229. The van der Waals surface area contributed by atoms with Gasteiger partial charge < -0.3 is 4.90 Å². The van der Waals surface area contributed by atoms with E-state index in [0.717, 1.165) is 16.7 Å². The molecule has 0 aliphatic carbocycles. The molecule has 1 aromatic carbocycles. The Morgan fingerprint density at radius 1 is 1.40 bits per heavy atom. The summed E-state index contributed by atoms with van der Waals surface area (Å²) in [5.41, 5.74) is 0.845. The maximum Gasteiger partial charge on any atom is 0.324 e. The van der Waals surface area contributed by atoms with Crippen molar-refractivity contribution in [1.29, 1.82) is 0 Å². The van der Waals surface area contributed by atoms with Crippen molar-refractivity contribution in [2.45, 2.75) is 0 Å². The van der Waals surface area contributed by atoms with Gasteiger partial charge in [-0.15, -0.1) is 0 Å². The summed E-state index contributed by atoms with van der Waals surface area (Å²) in [6.45, 7) is 1.47. The molecule has 0 aromatic heterocycles. The van der Waals surface area contributed by atoms with Gasteiger partial charge >= 0.3 is 6.03 Å². The number of urea groups is 1. The lowest BCUT2D eigenvalue weighted by Crippen LogP contribution is -2.29. The van der Waals surface area contributed by atoms with Crippen LogP contribution in [0.15, 0.2) is 22.7 Å². The summed E-state index contributed by atoms with van der Waals surface area (Å²) in [6.07, 6.45) is 0. The predicted molar refractivity (Wildman–Crippen MR) is 64.5 cm³/mol. The molecule has 80 valence electrons. The van der Waals surface area contributed by atoms with Crippen LogP contribution in [0.25, 0.3) is 0 Å². The first-order valence-electron chi connectivity index (χ1n) is 4.57. The fraction of sp³-hybridized carbons (Fsp3) is 0.300. The first-order valence-corrected chi connectivity index (χ1v) is 5.74. The number of hydrogen-bond donors (Lipinski definition) is 0. The van der Waals surface area contributed by atoms with Crippen LogP contribution in [0.2, 0.25) is 5.02 Å². The number of carbonyl (C=O) groups is 1. The van der Waals surface area contributed by atoms with Gasteiger partial charge in [-0.05, 0) is 34.1 Å². The summed E-state index contributed by atoms with van der Waals surface area (Å²) >= 11 is 9.30. The molecule has 0 atom stereocenters. The molecule has 0 saturated carbocycles. The third-order valence-electron chi connectivity index (χ3n) is 2.43. The fourth-order valence-corrected chi connectivity index (χ4v) is 1.96. The van der Waals surface area contributed by atoms with E-state index in [9.17, 15) is 4.79 Å². The zero-order valence-electron chi connectivity index (χ0n) is 8.20. The molecule has 0 bridgehead atoms. The highest BCUT2D eigenvalue weighted by Gasteiger charge is 2.26. The summed E-state index contributed by atoms with van der Waals surface area (Å²) in [4.78, 5) is 15.1. The zero-order chi connectivity index (χ0) is 11.0. The van der Waals surface area contributed by atoms with Gasteiger partial charge in [0.1, 0.15) is 0 Å². The molecule has 15 heavy (non-hydrogen) atoms. The third-order valence-corrected chi connectivity index (χ3v) is 3.66. The van der Waals surface area contributed by atoms with Crippen molar-refractivity contribution in [2.24, 2.45) is 0 Å². The Morgan fingerprint density at radius 2 is 2.13 bits per heavy atom. The normalized spacial score (nSPS) is 16.3. The molecule has 1 fully saturated rings. The molecule has 5 heteroatoms. The van der Waals surface area contributed by atoms with Crippen LogP contribution in [-0.2, 0) is 0 Å². The maximum atomic E-state index is 11.7. The standard InChI is InChI=1S/C10H10BrClN2O/c1-13-4-5-14(10(13)15)7-2-3-8(11)9(12)6-7/h2-3,6H,4-5H2,1H3. The molecule has 1 aliphatic rings. The lowest BCUT2D eigenvalue weighted by Gasteiger charge is -2.16. The summed E-state index contributed by atoms with van der Waals surface area (Å²) < 4.78 is 0.841. The van der Waals surface area contributed by atoms with Gasteiger partial charge in [-0.25, -0.2) is 4.79 Å². The largest absolute Gasteiger partial charge is 0.326 e. The number of carbonyl (C=O) groups excluding carboxylic acids is 1. The zero-order valence-corrected chi connectivity index (χ0v) is 10.5. The van der Waals surface area contributed by atoms with Gasteiger partial charge in [0.25, 0.3) is 0 Å². The predicted octanol–water partition coefficient (Wildman–Crippen LogP) is 2.97. The lowest BCUT2D eigenvalue weighted by atomic mass is 10.3. The Hall–Kier alpha value is -0.740. The van der Waals surface area contributed by atoms with Crippen LogP contribution in [0.5, 0.6) is 0 Å². The van der Waals surface area contributed by atoms with Crippen molar-refractivity contribution < 1.29 is 4.79 Å². The summed E-state index contributed by atoms with van der Waals surface area (Å²) in [7, 11) is 1.79. The van der Waals surface area contributed by atoms with E-state index >= 15 is 0 Å². The molecule has 2 amide bonds. The average molecular weight is 290 g/mol. The molecule has 1 aromatic rings. The minimum atomic E-state index is 0.0217. The van der Waals surface area contributed by atoms with Crippen molar-refractivity contribution in [3.05, 3.63) is 27.7 Å². The molecule has 3 nitrogen and oxygen atoms in total. The van der Waals surface area contributed by atoms with Gasteiger partial charge in [0.15, 0.2) is 0 Å². The molecule has 1 aliphatic heterocycles. The Kier molecular flexibility index (Phi) is 2.89. The summed E-state index contributed by atoms with van der Waals surface area (Å²) in [5, 5.41) is 0.620. The highest BCUT2D eigenvalue weighted by Crippen LogP contribution is 2.28. The number of halogens is 2. The highest BCUT2D eigenvalue weighted by atomic mass is 79.9. The van der Waals surface area contributed by atoms with Gasteiger partial charge in [-0.3, -0.25) is 4.90 Å². The number of amides is 2. The van der Waals surface area contributed by atoms with Crippen LogP contribution in [0.3, 0.4) is 0 Å². The Balaban J connectivity index is 2.31. The Bertz CT molecular complexity index is 410. The Labute approximate surface area is 102 Å². The van der Waals surface area contributed by atoms with Gasteiger partial charge in [0.2, 0.25) is 0 Å². The van der Waals surface area contributed by atoms with Crippen LogP contribution in [-0.4, -0.2) is 31.1 Å². The summed E-state index contributed by atoms with van der Waals surface area (Å²) in [5.74, 6) is 0. The SMILES string of the molecule is CN1CCN(c2ccc(Br)c(Cl)c2)C1=O. The van der Waals surface area contributed by atoms with E-state index in [-0.39, 0.29) is 6.03 Å². The van der Waals surface area contributed by atoms with Crippen molar-refractivity contribution in [3.63, 3.8) is 0 Å². The molecule has 0 spiro atoms. The van der Waals surface area contributed by atoms with E-state index in [1.54, 1.807) is 22.9 Å². The first kappa shape index (κ1) is 10.8. The second-order valence-electron chi connectivity index (χ2n) is 3.45. The van der Waals surface area contributed by atoms with Crippen LogP contribution in [0, 0.1) is 0 Å². The van der Waals surface area contributed by atoms with E-state index in [0.29, 0.717) is 11.6 Å². The van der Waals surface area contributed by atoms with Crippen molar-refractivity contribution in [2.75, 3.05) is 25.0 Å². The van der Waals surface area contributed by atoms with Crippen molar-refractivity contribution in [3.8, 4) is 0 Å². The summed E-state index contributed by atoms with van der Waals surface area (Å²) in [6, 6.07) is 5.55. The monoisotopic (exact) mass is 288 g/mol. The van der Waals surface area contributed by atoms with Crippen LogP contribution >= 0.6 is 27.5 Å². The number of likely N-dealkylation sites (N-methyl/N-ethyl adjacent to an activating group) is 1. The molecule has 0 N–H and O–H groups in total. The van der Waals surface area contributed by atoms with Crippen LogP contribution < -0.4 is 4.90 Å². The second-order valence-corrected chi connectivity index (χ2v) is 4.72. The van der Waals surface area contributed by atoms with E-state index in [1.165, 1.54) is 0 Å². The maximum absolute atomic E-state index is 11.7. The molecule has 0 radical (unpaired) electrons. The van der Waals surface area contributed by atoms with Crippen LogP contribution in [0.4, 0.5) is 10.5 Å². The third kappa shape index (κ3) is 1.96. The van der Waals surface area contributed by atoms with Crippen molar-refractivity contribution in [1.82, 2.24) is 4.90 Å². The second kappa shape index (κ2) is 4.02. The van der Waals surface area contributed by atoms with E-state index < -0.39 is 0 Å². The van der Waals surface area contributed by atoms with Gasteiger partial charge in [-0.2, -0.15) is 0 Å². The smallest absolute Gasteiger partial charge is 0.324 e. The number of nitrogens with zero attached hydrogens (tertiary/aromatic N) is 2. The molecule has 2 rings (SSSR count). The number of rotatable bonds is 1. The van der Waals surface area contributed by atoms with Gasteiger partial charge in [0, 0.05) is 30.3 Å². The van der Waals surface area contributed by atoms with Gasteiger partial charge in [0.05, 0.1) is 5.02 Å². The molecule has 1 saturated heterocycles. The van der Waals surface area contributed by atoms with E-state index in [4.69, 9.17) is 11.6 Å². The van der Waals surface area contributed by atoms with E-state index in [2.05, 4.69) is 15.9 Å². The molecular formula is C10H10BrClN2O. The number of benzene rings is 1. The number of hydrogen-bond acceptors (Lipinski definition) is 1. The highest BCUT2D eigenvalue weighted by molar-refractivity contribution is 9.10. The van der Waals surface area contributed by atoms with Crippen LogP contribution in [0.1, 0.15) is 0 Å². The quantitative estimate of drug-likeness (QED) is 0.779. The minimum absolute atomic E-state index is 0.0217.